The van der Waals surface area contributed by atoms with Crippen LogP contribution in [0.4, 0.5) is 11.4 Å². The Morgan fingerprint density at radius 2 is 1.23 bits per heavy atom. The first-order valence-electron chi connectivity index (χ1n) is 11.0. The minimum atomic E-state index is -1.02. The number of aliphatic hydroxyl groups excluding tert-OH is 4. The number of anilines is 2. The average Bonchev–Trinajstić information content (AvgIpc) is 2.80. The lowest BCUT2D eigenvalue weighted by Crippen LogP contribution is -2.38. The zero-order valence-corrected chi connectivity index (χ0v) is 26.3. The van der Waals surface area contributed by atoms with Gasteiger partial charge in [0.25, 0.3) is 5.91 Å². The summed E-state index contributed by atoms with van der Waals surface area (Å²) >= 11 is 6.07. The Labute approximate surface area is 246 Å². The standard InChI is InChI=1S/C22H32I3N3O7/c1-4-7-26-22(35)16-17(23)20(27(12(2)31)8-5-14(33)10-29)19(25)21(18(16)24)28(13(3)32)9-6-15(34)11-30/h14-15,29-30,33-34H,4-11H2,1-3H3,(H,26,35). The van der Waals surface area contributed by atoms with Crippen LogP contribution in [0.2, 0.25) is 0 Å². The van der Waals surface area contributed by atoms with Gasteiger partial charge >= 0.3 is 0 Å². The topological polar surface area (TPSA) is 151 Å². The Bertz CT molecular complexity index is 858. The minimum absolute atomic E-state index is 0.0857. The number of hydrogen-bond acceptors (Lipinski definition) is 7. The highest BCUT2D eigenvalue weighted by molar-refractivity contribution is 14.1. The molecule has 2 unspecified atom stereocenters. The molecule has 0 radical (unpaired) electrons. The molecule has 10 nitrogen and oxygen atoms in total. The summed E-state index contributed by atoms with van der Waals surface area (Å²) in [5.74, 6) is -1.01. The molecular weight excluding hydrogens is 799 g/mol. The highest BCUT2D eigenvalue weighted by atomic mass is 127. The molecule has 0 aromatic heterocycles. The first kappa shape index (κ1) is 32.7. The Morgan fingerprint density at radius 1 is 0.829 bits per heavy atom. The Hall–Kier alpha value is -0.340. The highest BCUT2D eigenvalue weighted by Crippen LogP contribution is 2.43. The van der Waals surface area contributed by atoms with Crippen molar-refractivity contribution >= 4 is 96.9 Å². The first-order chi connectivity index (χ1) is 16.4. The van der Waals surface area contributed by atoms with Gasteiger partial charge in [-0.2, -0.15) is 0 Å². The van der Waals surface area contributed by atoms with Gasteiger partial charge in [-0.3, -0.25) is 14.4 Å². The van der Waals surface area contributed by atoms with E-state index in [1.165, 1.54) is 23.6 Å². The smallest absolute Gasteiger partial charge is 0.253 e. The van der Waals surface area contributed by atoms with Gasteiger partial charge in [-0.05, 0) is 87.0 Å². The third kappa shape index (κ3) is 8.87. The van der Waals surface area contributed by atoms with E-state index in [9.17, 15) is 34.8 Å². The maximum absolute atomic E-state index is 13.2. The van der Waals surface area contributed by atoms with Gasteiger partial charge in [0, 0.05) is 33.5 Å². The van der Waals surface area contributed by atoms with E-state index in [0.29, 0.717) is 34.2 Å². The summed E-state index contributed by atoms with van der Waals surface area (Å²) < 4.78 is 1.58. The normalized spacial score (nSPS) is 12.7. The molecule has 0 aliphatic rings. The number of carbonyl (C=O) groups excluding carboxylic acids is 3. The summed E-state index contributed by atoms with van der Waals surface area (Å²) in [5, 5.41) is 41.0. The molecule has 198 valence electrons. The molecule has 5 N–H and O–H groups in total. The van der Waals surface area contributed by atoms with Gasteiger partial charge in [0.1, 0.15) is 0 Å². The van der Waals surface area contributed by atoms with Crippen molar-refractivity contribution in [3.8, 4) is 0 Å². The third-order valence-corrected chi connectivity index (χ3v) is 8.25. The van der Waals surface area contributed by atoms with Gasteiger partial charge in [-0.15, -0.1) is 0 Å². The van der Waals surface area contributed by atoms with Crippen molar-refractivity contribution in [2.24, 2.45) is 0 Å². The molecule has 35 heavy (non-hydrogen) atoms. The summed E-state index contributed by atoms with van der Waals surface area (Å²) in [5.41, 5.74) is 1.16. The fourth-order valence-corrected chi connectivity index (χ4v) is 8.05. The zero-order chi connectivity index (χ0) is 26.9. The van der Waals surface area contributed by atoms with Crippen molar-refractivity contribution in [3.63, 3.8) is 0 Å². The van der Waals surface area contributed by atoms with Crippen LogP contribution in [0.5, 0.6) is 0 Å². The van der Waals surface area contributed by atoms with Gasteiger partial charge in [0.05, 0.1) is 53.1 Å². The molecule has 0 aliphatic carbocycles. The van der Waals surface area contributed by atoms with Crippen LogP contribution in [0.25, 0.3) is 0 Å². The van der Waals surface area contributed by atoms with Crippen LogP contribution < -0.4 is 15.1 Å². The predicted octanol–water partition coefficient (Wildman–Crippen LogP) is 1.83. The van der Waals surface area contributed by atoms with Crippen LogP contribution in [0.1, 0.15) is 50.4 Å². The van der Waals surface area contributed by atoms with Crippen molar-refractivity contribution in [3.05, 3.63) is 16.3 Å². The second-order valence-electron chi connectivity index (χ2n) is 7.86. The summed E-state index contributed by atoms with van der Waals surface area (Å²) in [6.07, 6.45) is -1.09. The van der Waals surface area contributed by atoms with E-state index < -0.39 is 25.4 Å². The lowest BCUT2D eigenvalue weighted by atomic mass is 10.1. The molecule has 3 amide bonds. The van der Waals surface area contributed by atoms with Crippen molar-refractivity contribution in [2.75, 3.05) is 42.6 Å². The first-order valence-corrected chi connectivity index (χ1v) is 14.3. The molecule has 0 bridgehead atoms. The van der Waals surface area contributed by atoms with Gasteiger partial charge in [0.2, 0.25) is 11.8 Å². The minimum Gasteiger partial charge on any atom is -0.394 e. The van der Waals surface area contributed by atoms with Crippen molar-refractivity contribution in [2.45, 2.75) is 52.2 Å². The van der Waals surface area contributed by atoms with E-state index in [2.05, 4.69) is 5.32 Å². The maximum atomic E-state index is 13.2. The monoisotopic (exact) mass is 831 g/mol. The Morgan fingerprint density at radius 3 is 1.54 bits per heavy atom. The number of benzene rings is 1. The average molecular weight is 831 g/mol. The van der Waals surface area contributed by atoms with Crippen LogP contribution in [-0.2, 0) is 9.59 Å². The zero-order valence-electron chi connectivity index (χ0n) is 19.9. The second kappa shape index (κ2) is 15.8. The van der Waals surface area contributed by atoms with Gasteiger partial charge in [0.15, 0.2) is 0 Å². The van der Waals surface area contributed by atoms with E-state index in [0.717, 1.165) is 6.42 Å². The summed E-state index contributed by atoms with van der Waals surface area (Å²) in [4.78, 5) is 41.4. The fraction of sp³-hybridized carbons (Fsp3) is 0.591. The van der Waals surface area contributed by atoms with Gasteiger partial charge in [-0.1, -0.05) is 6.92 Å². The van der Waals surface area contributed by atoms with Crippen LogP contribution in [-0.4, -0.2) is 83.2 Å². The fourth-order valence-electron chi connectivity index (χ4n) is 3.23. The van der Waals surface area contributed by atoms with E-state index in [1.54, 1.807) is 0 Å². The summed E-state index contributed by atoms with van der Waals surface area (Å²) in [7, 11) is 0. The molecule has 2 atom stereocenters. The predicted molar refractivity (Wildman–Crippen MR) is 159 cm³/mol. The molecule has 1 aromatic carbocycles. The number of nitrogens with zero attached hydrogens (tertiary/aromatic N) is 2. The SMILES string of the molecule is CCCNC(=O)c1c(I)c(N(CCC(O)CO)C(C)=O)c(I)c(N(CCC(O)CO)C(C)=O)c1I. The molecule has 0 heterocycles. The molecule has 0 saturated carbocycles. The van der Waals surface area contributed by atoms with Gasteiger partial charge in [-0.25, -0.2) is 0 Å². The van der Waals surface area contributed by atoms with Crippen molar-refractivity contribution < 1.29 is 34.8 Å². The number of carbonyl (C=O) groups is 3. The third-order valence-electron chi connectivity index (χ3n) is 5.13. The quantitative estimate of drug-likeness (QED) is 0.191. The molecule has 13 heteroatoms. The van der Waals surface area contributed by atoms with Crippen LogP contribution in [0.15, 0.2) is 0 Å². The molecule has 1 rings (SSSR count). The highest BCUT2D eigenvalue weighted by Gasteiger charge is 2.32. The van der Waals surface area contributed by atoms with E-state index >= 15 is 0 Å². The number of nitrogens with one attached hydrogen (secondary N) is 1. The number of rotatable bonds is 13. The summed E-state index contributed by atoms with van der Waals surface area (Å²) in [6.45, 7) is 4.37. The molecule has 0 saturated heterocycles. The largest absolute Gasteiger partial charge is 0.394 e. The number of hydrogen-bond donors (Lipinski definition) is 5. The molecule has 0 aliphatic heterocycles. The Kier molecular flexibility index (Phi) is 14.8. The molecule has 0 spiro atoms. The molecule has 1 aromatic rings. The van der Waals surface area contributed by atoms with Crippen LogP contribution >= 0.6 is 67.8 Å². The Balaban J connectivity index is 3.85. The summed E-state index contributed by atoms with van der Waals surface area (Å²) in [6, 6.07) is 0. The maximum Gasteiger partial charge on any atom is 0.253 e. The van der Waals surface area contributed by atoms with E-state index in [4.69, 9.17) is 0 Å². The molecule has 0 fully saturated rings. The number of halogens is 3. The molecular formula is C22H32I3N3O7. The van der Waals surface area contributed by atoms with Gasteiger partial charge < -0.3 is 35.5 Å². The number of aliphatic hydroxyl groups is 4. The van der Waals surface area contributed by atoms with Crippen LogP contribution in [0.3, 0.4) is 0 Å². The van der Waals surface area contributed by atoms with E-state index in [-0.39, 0.29) is 43.7 Å². The van der Waals surface area contributed by atoms with Crippen LogP contribution in [0, 0.1) is 10.7 Å². The van der Waals surface area contributed by atoms with E-state index in [1.807, 2.05) is 74.7 Å². The van der Waals surface area contributed by atoms with Crippen molar-refractivity contribution in [1.82, 2.24) is 5.32 Å². The number of amides is 3. The van der Waals surface area contributed by atoms with Crippen molar-refractivity contribution in [1.29, 1.82) is 0 Å². The lowest BCUT2D eigenvalue weighted by molar-refractivity contribution is -0.117. The second-order valence-corrected chi connectivity index (χ2v) is 11.1. The lowest BCUT2D eigenvalue weighted by Gasteiger charge is -2.31.